The van der Waals surface area contributed by atoms with Crippen molar-refractivity contribution in [3.8, 4) is 39.9 Å². The molecule has 3 aromatic heterocycles. The zero-order valence-corrected chi connectivity index (χ0v) is 27.9. The summed E-state index contributed by atoms with van der Waals surface area (Å²) in [6.07, 6.45) is 0. The molecule has 0 bridgehead atoms. The van der Waals surface area contributed by atoms with Gasteiger partial charge in [0.15, 0.2) is 11.6 Å². The van der Waals surface area contributed by atoms with E-state index in [4.69, 9.17) is 19.4 Å². The van der Waals surface area contributed by atoms with Gasteiger partial charge in [0.05, 0.1) is 11.0 Å². The van der Waals surface area contributed by atoms with E-state index in [-0.39, 0.29) is 0 Å². The van der Waals surface area contributed by atoms with Crippen molar-refractivity contribution >= 4 is 65.3 Å². The molecule has 0 radical (unpaired) electrons. The Labute approximate surface area is 298 Å². The van der Waals surface area contributed by atoms with Crippen molar-refractivity contribution < 1.29 is 4.42 Å². The molecule has 242 valence electrons. The molecule has 11 aromatic rings. The third-order valence-corrected chi connectivity index (χ3v) is 10.2. The highest BCUT2D eigenvalue weighted by Crippen LogP contribution is 2.43. The molecule has 0 N–H and O–H groups in total. The number of aromatic nitrogens is 4. The molecule has 52 heavy (non-hydrogen) atoms. The van der Waals surface area contributed by atoms with Crippen LogP contribution >= 0.6 is 0 Å². The van der Waals surface area contributed by atoms with Crippen LogP contribution in [0, 0.1) is 0 Å². The van der Waals surface area contributed by atoms with Crippen LogP contribution in [0.15, 0.2) is 174 Å². The molecule has 0 spiro atoms. The van der Waals surface area contributed by atoms with E-state index < -0.39 is 0 Å². The molecule has 5 nitrogen and oxygen atoms in total. The number of hydrogen-bond acceptors (Lipinski definition) is 4. The molecule has 0 amide bonds. The predicted molar refractivity (Wildman–Crippen MR) is 213 cm³/mol. The van der Waals surface area contributed by atoms with Gasteiger partial charge in [-0.3, -0.25) is 4.57 Å². The Balaban J connectivity index is 1.23. The Morgan fingerprint density at radius 3 is 1.94 bits per heavy atom. The summed E-state index contributed by atoms with van der Waals surface area (Å²) >= 11 is 0. The summed E-state index contributed by atoms with van der Waals surface area (Å²) < 4.78 is 8.96. The lowest BCUT2D eigenvalue weighted by molar-refractivity contribution is 0.670. The van der Waals surface area contributed by atoms with E-state index in [0.717, 1.165) is 71.4 Å². The Morgan fingerprint density at radius 2 is 1.08 bits per heavy atom. The molecular formula is C47H28N4O. The third-order valence-electron chi connectivity index (χ3n) is 10.2. The predicted octanol–water partition coefficient (Wildman–Crippen LogP) is 12.2. The summed E-state index contributed by atoms with van der Waals surface area (Å²) in [4.78, 5) is 15.6. The maximum Gasteiger partial charge on any atom is 0.238 e. The van der Waals surface area contributed by atoms with Gasteiger partial charge in [-0.25, -0.2) is 4.98 Å². The van der Waals surface area contributed by atoms with Crippen molar-refractivity contribution in [1.82, 2.24) is 19.5 Å². The van der Waals surface area contributed by atoms with Crippen molar-refractivity contribution in [2.45, 2.75) is 0 Å². The Kier molecular flexibility index (Phi) is 6.18. The molecule has 0 aliphatic rings. The second kappa shape index (κ2) is 11.2. The van der Waals surface area contributed by atoms with Gasteiger partial charge in [-0.05, 0) is 39.7 Å². The fourth-order valence-corrected chi connectivity index (χ4v) is 7.86. The average molecular weight is 665 g/mol. The molecular weight excluding hydrogens is 637 g/mol. The first-order valence-corrected chi connectivity index (χ1v) is 17.5. The standard InChI is InChI=1S/C47H28N4O/c1-2-14-31(15-3-1)45-48-46(33-25-24-29-12-4-5-16-32(29)28-33)50-47(49-45)51-40-23-9-8-18-35(40)36-19-10-20-37(43(36)51)38-21-11-22-39-42-34-17-7-6-13-30(34)26-27-41(42)52-44(38)39/h1-28H. The summed E-state index contributed by atoms with van der Waals surface area (Å²) in [6.45, 7) is 0. The van der Waals surface area contributed by atoms with Gasteiger partial charge in [0.1, 0.15) is 11.2 Å². The average Bonchev–Trinajstić information content (AvgIpc) is 3.77. The van der Waals surface area contributed by atoms with Crippen LogP contribution in [0.4, 0.5) is 0 Å². The van der Waals surface area contributed by atoms with Gasteiger partial charge < -0.3 is 4.42 Å². The maximum atomic E-state index is 6.75. The van der Waals surface area contributed by atoms with Gasteiger partial charge in [0.25, 0.3) is 0 Å². The molecule has 0 aliphatic carbocycles. The molecule has 8 aromatic carbocycles. The minimum atomic E-state index is 0.554. The van der Waals surface area contributed by atoms with Crippen LogP contribution in [-0.4, -0.2) is 19.5 Å². The number of benzene rings is 8. The fraction of sp³-hybridized carbons (Fsp3) is 0. The molecule has 0 saturated heterocycles. The SMILES string of the molecule is c1ccc(-c2nc(-c3ccc4ccccc4c3)nc(-n3c4ccccc4c4cccc(-c5cccc6c5oc5ccc7ccccc7c56)c43)n2)cc1. The van der Waals surface area contributed by atoms with E-state index in [1.807, 2.05) is 30.3 Å². The van der Waals surface area contributed by atoms with Crippen LogP contribution in [0.2, 0.25) is 0 Å². The molecule has 0 fully saturated rings. The molecule has 0 unspecified atom stereocenters. The highest BCUT2D eigenvalue weighted by Gasteiger charge is 2.22. The van der Waals surface area contributed by atoms with Crippen LogP contribution in [0.3, 0.4) is 0 Å². The molecule has 11 rings (SSSR count). The number of rotatable bonds is 4. The first-order valence-electron chi connectivity index (χ1n) is 17.5. The second-order valence-electron chi connectivity index (χ2n) is 13.2. The largest absolute Gasteiger partial charge is 0.455 e. The zero-order valence-electron chi connectivity index (χ0n) is 27.9. The van der Waals surface area contributed by atoms with Crippen molar-refractivity contribution in [1.29, 1.82) is 0 Å². The minimum absolute atomic E-state index is 0.554. The maximum absolute atomic E-state index is 6.75. The van der Waals surface area contributed by atoms with Crippen molar-refractivity contribution in [3.05, 3.63) is 170 Å². The van der Waals surface area contributed by atoms with Crippen LogP contribution in [0.1, 0.15) is 0 Å². The van der Waals surface area contributed by atoms with Crippen molar-refractivity contribution in [2.75, 3.05) is 0 Å². The number of hydrogen-bond donors (Lipinski definition) is 0. The Morgan fingerprint density at radius 1 is 0.423 bits per heavy atom. The number of furan rings is 1. The summed E-state index contributed by atoms with van der Waals surface area (Å²) in [5.74, 6) is 1.78. The third kappa shape index (κ3) is 4.33. The lowest BCUT2D eigenvalue weighted by Crippen LogP contribution is -2.07. The lowest BCUT2D eigenvalue weighted by atomic mass is 9.98. The second-order valence-corrected chi connectivity index (χ2v) is 13.2. The smallest absolute Gasteiger partial charge is 0.238 e. The molecule has 3 heterocycles. The summed E-state index contributed by atoms with van der Waals surface area (Å²) in [6, 6.07) is 59.1. The van der Waals surface area contributed by atoms with E-state index in [1.165, 1.54) is 16.2 Å². The monoisotopic (exact) mass is 664 g/mol. The van der Waals surface area contributed by atoms with Crippen LogP contribution in [-0.2, 0) is 0 Å². The summed E-state index contributed by atoms with van der Waals surface area (Å²) in [7, 11) is 0. The highest BCUT2D eigenvalue weighted by atomic mass is 16.3. The van der Waals surface area contributed by atoms with Gasteiger partial charge in [-0.1, -0.05) is 152 Å². The zero-order chi connectivity index (χ0) is 34.2. The van der Waals surface area contributed by atoms with Crippen molar-refractivity contribution in [2.24, 2.45) is 0 Å². The number of fused-ring (bicyclic) bond motifs is 9. The van der Waals surface area contributed by atoms with E-state index in [0.29, 0.717) is 17.6 Å². The topological polar surface area (TPSA) is 56.7 Å². The van der Waals surface area contributed by atoms with Gasteiger partial charge in [0.2, 0.25) is 5.95 Å². The number of para-hydroxylation sites is 3. The van der Waals surface area contributed by atoms with E-state index in [9.17, 15) is 0 Å². The summed E-state index contributed by atoms with van der Waals surface area (Å²) in [5, 5.41) is 9.13. The molecule has 0 saturated carbocycles. The van der Waals surface area contributed by atoms with Crippen LogP contribution < -0.4 is 0 Å². The van der Waals surface area contributed by atoms with Crippen molar-refractivity contribution in [3.63, 3.8) is 0 Å². The number of nitrogens with zero attached hydrogens (tertiary/aromatic N) is 4. The Hall–Kier alpha value is -7.11. The van der Waals surface area contributed by atoms with Gasteiger partial charge in [0, 0.05) is 43.8 Å². The van der Waals surface area contributed by atoms with E-state index in [1.54, 1.807) is 0 Å². The quantitative estimate of drug-likeness (QED) is 0.188. The first kappa shape index (κ1) is 28.7. The molecule has 0 aliphatic heterocycles. The van der Waals surface area contributed by atoms with Gasteiger partial charge >= 0.3 is 0 Å². The summed E-state index contributed by atoms with van der Waals surface area (Å²) in [5.41, 5.74) is 7.66. The van der Waals surface area contributed by atoms with Crippen LogP contribution in [0.5, 0.6) is 0 Å². The van der Waals surface area contributed by atoms with E-state index >= 15 is 0 Å². The highest BCUT2D eigenvalue weighted by molar-refractivity contribution is 6.22. The molecule has 0 atom stereocenters. The van der Waals surface area contributed by atoms with Gasteiger partial charge in [-0.15, -0.1) is 0 Å². The normalized spacial score (nSPS) is 11.8. The lowest BCUT2D eigenvalue weighted by Gasteiger charge is -2.13. The fourth-order valence-electron chi connectivity index (χ4n) is 7.86. The van der Waals surface area contributed by atoms with Crippen LogP contribution in [0.25, 0.3) is 105 Å². The van der Waals surface area contributed by atoms with E-state index in [2.05, 4.69) is 144 Å². The van der Waals surface area contributed by atoms with Gasteiger partial charge in [-0.2, -0.15) is 9.97 Å². The minimum Gasteiger partial charge on any atom is -0.455 e. The Bertz CT molecular complexity index is 3190. The molecule has 5 heteroatoms. The first-order chi connectivity index (χ1) is 25.8.